The Kier molecular flexibility index (Phi) is 5.08. The lowest BCUT2D eigenvalue weighted by atomic mass is 10.2. The van der Waals surface area contributed by atoms with Gasteiger partial charge in [-0.1, -0.05) is 18.2 Å². The largest absolute Gasteiger partial charge is 0.480 e. The number of benzene rings is 1. The number of para-hydroxylation sites is 1. The molecule has 0 atom stereocenters. The number of nitrogens with zero attached hydrogens (tertiary/aromatic N) is 2. The molecule has 0 fully saturated rings. The Morgan fingerprint density at radius 3 is 2.00 bits per heavy atom. The lowest BCUT2D eigenvalue weighted by molar-refractivity contribution is -0.140. The van der Waals surface area contributed by atoms with E-state index in [2.05, 4.69) is 0 Å². The van der Waals surface area contributed by atoms with Crippen LogP contribution in [0.4, 0.5) is 10.5 Å². The SMILES string of the molecule is Cc1ccccc1N(C)C(=O)N(CC(=O)O)CC(=O)O. The van der Waals surface area contributed by atoms with Crippen molar-refractivity contribution in [3.8, 4) is 0 Å². The number of carbonyl (C=O) groups excluding carboxylic acids is 1. The van der Waals surface area contributed by atoms with Crippen LogP contribution in [0.2, 0.25) is 0 Å². The van der Waals surface area contributed by atoms with Crippen LogP contribution in [-0.4, -0.2) is 53.2 Å². The van der Waals surface area contributed by atoms with Crippen molar-refractivity contribution < 1.29 is 24.6 Å². The lowest BCUT2D eigenvalue weighted by Gasteiger charge is -2.26. The Morgan fingerprint density at radius 2 is 1.55 bits per heavy atom. The zero-order valence-electron chi connectivity index (χ0n) is 11.2. The van der Waals surface area contributed by atoms with Crippen LogP contribution in [0.15, 0.2) is 24.3 Å². The minimum Gasteiger partial charge on any atom is -0.480 e. The molecule has 20 heavy (non-hydrogen) atoms. The van der Waals surface area contributed by atoms with E-state index in [4.69, 9.17) is 10.2 Å². The number of amides is 2. The molecule has 0 saturated heterocycles. The van der Waals surface area contributed by atoms with Crippen LogP contribution in [-0.2, 0) is 9.59 Å². The molecule has 0 unspecified atom stereocenters. The van der Waals surface area contributed by atoms with E-state index in [0.717, 1.165) is 10.5 Å². The molecule has 7 heteroatoms. The van der Waals surface area contributed by atoms with Crippen LogP contribution in [0, 0.1) is 6.92 Å². The van der Waals surface area contributed by atoms with E-state index in [1.54, 1.807) is 25.1 Å². The van der Waals surface area contributed by atoms with Crippen LogP contribution < -0.4 is 4.90 Å². The number of rotatable bonds is 5. The van der Waals surface area contributed by atoms with Crippen LogP contribution >= 0.6 is 0 Å². The molecule has 2 N–H and O–H groups in total. The first-order valence-corrected chi connectivity index (χ1v) is 5.84. The number of carboxylic acid groups (broad SMARTS) is 2. The molecule has 0 heterocycles. The summed E-state index contributed by atoms with van der Waals surface area (Å²) in [5, 5.41) is 17.5. The average Bonchev–Trinajstić information content (AvgIpc) is 2.35. The smallest absolute Gasteiger partial charge is 0.325 e. The highest BCUT2D eigenvalue weighted by atomic mass is 16.4. The topological polar surface area (TPSA) is 98.2 Å². The highest BCUT2D eigenvalue weighted by molar-refractivity contribution is 5.95. The molecule has 0 radical (unpaired) electrons. The van der Waals surface area contributed by atoms with Crippen molar-refractivity contribution in [1.29, 1.82) is 0 Å². The lowest BCUT2D eigenvalue weighted by Crippen LogP contribution is -2.46. The van der Waals surface area contributed by atoms with Gasteiger partial charge in [-0.2, -0.15) is 0 Å². The van der Waals surface area contributed by atoms with Gasteiger partial charge in [0.1, 0.15) is 13.1 Å². The van der Waals surface area contributed by atoms with Crippen molar-refractivity contribution in [2.45, 2.75) is 6.92 Å². The van der Waals surface area contributed by atoms with Crippen LogP contribution in [0.25, 0.3) is 0 Å². The van der Waals surface area contributed by atoms with Gasteiger partial charge in [0.2, 0.25) is 0 Å². The molecule has 2 amide bonds. The number of aliphatic carboxylic acids is 2. The van der Waals surface area contributed by atoms with Gasteiger partial charge in [0, 0.05) is 12.7 Å². The summed E-state index contributed by atoms with van der Waals surface area (Å²) < 4.78 is 0. The summed E-state index contributed by atoms with van der Waals surface area (Å²) in [4.78, 5) is 35.6. The number of urea groups is 1. The zero-order chi connectivity index (χ0) is 15.3. The van der Waals surface area contributed by atoms with Crippen molar-refractivity contribution in [2.24, 2.45) is 0 Å². The summed E-state index contributed by atoms with van der Waals surface area (Å²) >= 11 is 0. The van der Waals surface area contributed by atoms with Crippen molar-refractivity contribution in [3.63, 3.8) is 0 Å². The summed E-state index contributed by atoms with van der Waals surface area (Å²) in [6.07, 6.45) is 0. The maximum Gasteiger partial charge on any atom is 0.325 e. The molecule has 1 aromatic rings. The van der Waals surface area contributed by atoms with E-state index in [9.17, 15) is 14.4 Å². The molecule has 7 nitrogen and oxygen atoms in total. The summed E-state index contributed by atoms with van der Waals surface area (Å²) in [7, 11) is 1.47. The maximum atomic E-state index is 12.2. The molecule has 0 spiro atoms. The fourth-order valence-corrected chi connectivity index (χ4v) is 1.77. The minimum atomic E-state index is -1.27. The standard InChI is InChI=1S/C13H16N2O5/c1-9-5-3-4-6-10(9)14(2)13(20)15(7-11(16)17)8-12(18)19/h3-6H,7-8H2,1-2H3,(H,16,17)(H,18,19). The third-order valence-electron chi connectivity index (χ3n) is 2.69. The van der Waals surface area contributed by atoms with E-state index in [1.807, 2.05) is 6.07 Å². The van der Waals surface area contributed by atoms with Crippen LogP contribution in [0.5, 0.6) is 0 Å². The number of aryl methyl sites for hydroxylation is 1. The summed E-state index contributed by atoms with van der Waals surface area (Å²) in [5.41, 5.74) is 1.42. The fraction of sp³-hybridized carbons (Fsp3) is 0.308. The van der Waals surface area contributed by atoms with Crippen molar-refractivity contribution >= 4 is 23.7 Å². The number of carboxylic acids is 2. The van der Waals surface area contributed by atoms with E-state index in [0.29, 0.717) is 5.69 Å². The molecule has 0 saturated carbocycles. The Morgan fingerprint density at radius 1 is 1.05 bits per heavy atom. The van der Waals surface area contributed by atoms with E-state index in [1.165, 1.54) is 11.9 Å². The Bertz CT molecular complexity index is 513. The molecular weight excluding hydrogens is 264 g/mol. The zero-order valence-corrected chi connectivity index (χ0v) is 11.2. The van der Waals surface area contributed by atoms with Gasteiger partial charge in [0.05, 0.1) is 0 Å². The molecule has 0 bridgehead atoms. The first kappa shape index (κ1) is 15.5. The van der Waals surface area contributed by atoms with E-state index < -0.39 is 31.1 Å². The summed E-state index contributed by atoms with van der Waals surface area (Å²) in [6, 6.07) is 6.38. The van der Waals surface area contributed by atoms with Crippen molar-refractivity contribution in [2.75, 3.05) is 25.0 Å². The second-order valence-corrected chi connectivity index (χ2v) is 4.27. The van der Waals surface area contributed by atoms with Crippen LogP contribution in [0.3, 0.4) is 0 Å². The van der Waals surface area contributed by atoms with Gasteiger partial charge in [-0.15, -0.1) is 0 Å². The molecule has 0 aromatic heterocycles. The first-order chi connectivity index (χ1) is 9.32. The number of anilines is 1. The minimum absolute atomic E-state index is 0.596. The Hall–Kier alpha value is -2.57. The highest BCUT2D eigenvalue weighted by Gasteiger charge is 2.24. The first-order valence-electron chi connectivity index (χ1n) is 5.84. The maximum absolute atomic E-state index is 12.2. The second-order valence-electron chi connectivity index (χ2n) is 4.27. The second kappa shape index (κ2) is 6.55. The molecular formula is C13H16N2O5. The molecule has 108 valence electrons. The predicted octanol–water partition coefficient (Wildman–Crippen LogP) is 1.02. The van der Waals surface area contributed by atoms with Gasteiger partial charge >= 0.3 is 18.0 Å². The molecule has 0 aliphatic heterocycles. The van der Waals surface area contributed by atoms with Gasteiger partial charge < -0.3 is 15.1 Å². The number of hydrogen-bond acceptors (Lipinski definition) is 3. The Labute approximate surface area is 116 Å². The van der Waals surface area contributed by atoms with Crippen molar-refractivity contribution in [3.05, 3.63) is 29.8 Å². The van der Waals surface area contributed by atoms with Gasteiger partial charge in [-0.3, -0.25) is 14.5 Å². The summed E-state index contributed by atoms with van der Waals surface area (Å²) in [5.74, 6) is -2.53. The third-order valence-corrected chi connectivity index (χ3v) is 2.69. The summed E-state index contributed by atoms with van der Waals surface area (Å²) in [6.45, 7) is 0.473. The van der Waals surface area contributed by atoms with Crippen LogP contribution in [0.1, 0.15) is 5.56 Å². The van der Waals surface area contributed by atoms with Gasteiger partial charge in [-0.25, -0.2) is 4.79 Å². The number of carbonyl (C=O) groups is 3. The quantitative estimate of drug-likeness (QED) is 0.839. The van der Waals surface area contributed by atoms with Gasteiger partial charge in [0.15, 0.2) is 0 Å². The third kappa shape index (κ3) is 3.98. The normalized spacial score (nSPS) is 9.90. The van der Waals surface area contributed by atoms with E-state index in [-0.39, 0.29) is 0 Å². The Balaban J connectivity index is 2.96. The van der Waals surface area contributed by atoms with Crippen molar-refractivity contribution in [1.82, 2.24) is 4.90 Å². The number of hydrogen-bond donors (Lipinski definition) is 2. The van der Waals surface area contributed by atoms with Gasteiger partial charge in [0.25, 0.3) is 0 Å². The molecule has 1 rings (SSSR count). The molecule has 0 aliphatic rings. The highest BCUT2D eigenvalue weighted by Crippen LogP contribution is 2.19. The van der Waals surface area contributed by atoms with Gasteiger partial charge in [-0.05, 0) is 18.6 Å². The fourth-order valence-electron chi connectivity index (χ4n) is 1.77. The van der Waals surface area contributed by atoms with E-state index >= 15 is 0 Å². The average molecular weight is 280 g/mol. The predicted molar refractivity (Wildman–Crippen MR) is 71.8 cm³/mol. The monoisotopic (exact) mass is 280 g/mol. The molecule has 1 aromatic carbocycles. The molecule has 0 aliphatic carbocycles.